The van der Waals surface area contributed by atoms with E-state index in [1.54, 1.807) is 0 Å². The van der Waals surface area contributed by atoms with E-state index in [1.807, 2.05) is 0 Å². The Bertz CT molecular complexity index is 142. The van der Waals surface area contributed by atoms with Crippen molar-refractivity contribution in [3.05, 3.63) is 0 Å². The van der Waals surface area contributed by atoms with Gasteiger partial charge in [-0.15, -0.1) is 0 Å². The van der Waals surface area contributed by atoms with Crippen LogP contribution in [-0.2, 0) is 0 Å². The van der Waals surface area contributed by atoms with Gasteiger partial charge in [-0.1, -0.05) is 27.7 Å². The van der Waals surface area contributed by atoms with Crippen LogP contribution in [0, 0.1) is 5.41 Å². The molecule has 0 radical (unpaired) electrons. The van der Waals surface area contributed by atoms with Crippen molar-refractivity contribution in [2.75, 3.05) is 6.54 Å². The molecule has 0 aromatic heterocycles. The molecule has 0 aromatic carbocycles. The molecule has 0 saturated carbocycles. The molecule has 0 spiro atoms. The van der Waals surface area contributed by atoms with Crippen molar-refractivity contribution in [2.45, 2.75) is 47.5 Å². The van der Waals surface area contributed by atoms with Crippen molar-refractivity contribution in [1.29, 1.82) is 0 Å². The molecule has 0 fully saturated rings. The molecule has 0 saturated heterocycles. The third kappa shape index (κ3) is 7.58. The third-order valence-corrected chi connectivity index (χ3v) is 1.42. The van der Waals surface area contributed by atoms with Crippen LogP contribution in [-0.4, -0.2) is 12.3 Å². The lowest BCUT2D eigenvalue weighted by Crippen LogP contribution is -2.15. The quantitative estimate of drug-likeness (QED) is 0.391. The zero-order valence-corrected chi connectivity index (χ0v) is 9.07. The summed E-state index contributed by atoms with van der Waals surface area (Å²) in [6.45, 7) is 11.9. The standard InChI is InChI=1S/C10H22N2/c1-6-7-11-12-9(2)8-10(3,4)5/h11H,6-8H2,1-5H3/b12-9-. The average molecular weight is 170 g/mol. The maximum atomic E-state index is 4.27. The van der Waals surface area contributed by atoms with E-state index in [2.05, 4.69) is 45.1 Å². The second-order valence-corrected chi connectivity index (χ2v) is 4.49. The Hall–Kier alpha value is -0.530. The topological polar surface area (TPSA) is 24.4 Å². The number of hydrazone groups is 1. The van der Waals surface area contributed by atoms with Gasteiger partial charge in [0.1, 0.15) is 0 Å². The molecular weight excluding hydrogens is 148 g/mol. The van der Waals surface area contributed by atoms with E-state index in [9.17, 15) is 0 Å². The Kier molecular flexibility index (Phi) is 4.95. The highest BCUT2D eigenvalue weighted by molar-refractivity contribution is 5.82. The van der Waals surface area contributed by atoms with Gasteiger partial charge < -0.3 is 5.43 Å². The van der Waals surface area contributed by atoms with Crippen LogP contribution in [0.3, 0.4) is 0 Å². The highest BCUT2D eigenvalue weighted by Gasteiger charge is 2.11. The van der Waals surface area contributed by atoms with Crippen molar-refractivity contribution >= 4 is 5.71 Å². The first-order valence-electron chi connectivity index (χ1n) is 4.71. The number of nitrogens with zero attached hydrogens (tertiary/aromatic N) is 1. The van der Waals surface area contributed by atoms with Crippen molar-refractivity contribution in [3.63, 3.8) is 0 Å². The van der Waals surface area contributed by atoms with Crippen LogP contribution in [0.4, 0.5) is 0 Å². The molecule has 12 heavy (non-hydrogen) atoms. The normalized spacial score (nSPS) is 13.2. The molecule has 0 aliphatic heterocycles. The molecule has 72 valence electrons. The lowest BCUT2D eigenvalue weighted by molar-refractivity contribution is 0.432. The van der Waals surface area contributed by atoms with Crippen molar-refractivity contribution in [1.82, 2.24) is 5.43 Å². The molecule has 2 nitrogen and oxygen atoms in total. The van der Waals surface area contributed by atoms with Gasteiger partial charge in [0, 0.05) is 12.3 Å². The first-order valence-corrected chi connectivity index (χ1v) is 4.71. The minimum absolute atomic E-state index is 0.349. The van der Waals surface area contributed by atoms with Crippen LogP contribution in [0.15, 0.2) is 5.10 Å². The fourth-order valence-corrected chi connectivity index (χ4v) is 1.11. The summed E-state index contributed by atoms with van der Waals surface area (Å²) in [5.74, 6) is 0. The van der Waals surface area contributed by atoms with Gasteiger partial charge in [0.2, 0.25) is 0 Å². The van der Waals surface area contributed by atoms with Crippen LogP contribution >= 0.6 is 0 Å². The van der Waals surface area contributed by atoms with E-state index in [4.69, 9.17) is 0 Å². The lowest BCUT2D eigenvalue weighted by Gasteiger charge is -2.17. The molecule has 0 atom stereocenters. The molecule has 0 heterocycles. The van der Waals surface area contributed by atoms with Gasteiger partial charge in [0.05, 0.1) is 0 Å². The Morgan fingerprint density at radius 3 is 2.33 bits per heavy atom. The number of rotatable bonds is 4. The second kappa shape index (κ2) is 5.18. The van der Waals surface area contributed by atoms with Gasteiger partial charge in [-0.25, -0.2) is 0 Å². The molecule has 0 rings (SSSR count). The van der Waals surface area contributed by atoms with Crippen LogP contribution in [0.25, 0.3) is 0 Å². The minimum atomic E-state index is 0.349. The molecule has 0 aromatic rings. The summed E-state index contributed by atoms with van der Waals surface area (Å²) in [6, 6.07) is 0. The molecule has 0 unspecified atom stereocenters. The Labute approximate surface area is 76.4 Å². The highest BCUT2D eigenvalue weighted by atomic mass is 15.3. The average Bonchev–Trinajstić information content (AvgIpc) is 1.84. The summed E-state index contributed by atoms with van der Waals surface area (Å²) in [5.41, 5.74) is 4.58. The zero-order chi connectivity index (χ0) is 9.61. The van der Waals surface area contributed by atoms with Crippen LogP contribution in [0.2, 0.25) is 0 Å². The van der Waals surface area contributed by atoms with Gasteiger partial charge in [-0.2, -0.15) is 5.10 Å². The fourth-order valence-electron chi connectivity index (χ4n) is 1.11. The first kappa shape index (κ1) is 11.5. The first-order chi connectivity index (χ1) is 5.45. The summed E-state index contributed by atoms with van der Waals surface area (Å²) in [7, 11) is 0. The summed E-state index contributed by atoms with van der Waals surface area (Å²) < 4.78 is 0. The van der Waals surface area contributed by atoms with Crippen LogP contribution in [0.5, 0.6) is 0 Å². The summed E-state index contributed by atoms with van der Waals surface area (Å²) >= 11 is 0. The summed E-state index contributed by atoms with van der Waals surface area (Å²) in [5, 5.41) is 4.27. The zero-order valence-electron chi connectivity index (χ0n) is 9.07. The van der Waals surface area contributed by atoms with Crippen molar-refractivity contribution in [3.8, 4) is 0 Å². The van der Waals surface area contributed by atoms with E-state index in [-0.39, 0.29) is 0 Å². The maximum Gasteiger partial charge on any atom is 0.0352 e. The number of hydrogen-bond acceptors (Lipinski definition) is 2. The maximum absolute atomic E-state index is 4.27. The van der Waals surface area contributed by atoms with E-state index in [1.165, 1.54) is 5.71 Å². The Morgan fingerprint density at radius 1 is 1.33 bits per heavy atom. The van der Waals surface area contributed by atoms with Gasteiger partial charge in [-0.3, -0.25) is 0 Å². The largest absolute Gasteiger partial charge is 0.310 e. The van der Waals surface area contributed by atoms with Gasteiger partial charge in [-0.05, 0) is 25.2 Å². The smallest absolute Gasteiger partial charge is 0.0352 e. The van der Waals surface area contributed by atoms with Gasteiger partial charge >= 0.3 is 0 Å². The van der Waals surface area contributed by atoms with Crippen molar-refractivity contribution < 1.29 is 0 Å². The SMILES string of the molecule is CCCN/N=C(/C)CC(C)(C)C. The van der Waals surface area contributed by atoms with E-state index >= 15 is 0 Å². The van der Waals surface area contributed by atoms with E-state index in [0.29, 0.717) is 5.41 Å². The number of hydrogen-bond donors (Lipinski definition) is 1. The third-order valence-electron chi connectivity index (χ3n) is 1.42. The molecule has 0 amide bonds. The van der Waals surface area contributed by atoms with Crippen molar-refractivity contribution in [2.24, 2.45) is 10.5 Å². The number of nitrogens with one attached hydrogen (secondary N) is 1. The molecule has 0 aliphatic carbocycles. The van der Waals surface area contributed by atoms with E-state index < -0.39 is 0 Å². The molecule has 0 bridgehead atoms. The predicted molar refractivity (Wildman–Crippen MR) is 55.5 cm³/mol. The second-order valence-electron chi connectivity index (χ2n) is 4.49. The van der Waals surface area contributed by atoms with Crippen LogP contribution in [0.1, 0.15) is 47.5 Å². The molecule has 2 heteroatoms. The van der Waals surface area contributed by atoms with Gasteiger partial charge in [0.25, 0.3) is 0 Å². The van der Waals surface area contributed by atoms with Crippen LogP contribution < -0.4 is 5.43 Å². The molecule has 1 N–H and O–H groups in total. The highest BCUT2D eigenvalue weighted by Crippen LogP contribution is 2.18. The summed E-state index contributed by atoms with van der Waals surface area (Å²) in [6.07, 6.45) is 2.19. The lowest BCUT2D eigenvalue weighted by atomic mass is 9.90. The monoisotopic (exact) mass is 170 g/mol. The Morgan fingerprint density at radius 2 is 1.92 bits per heavy atom. The molecular formula is C10H22N2. The summed E-state index contributed by atoms with van der Waals surface area (Å²) in [4.78, 5) is 0. The Balaban J connectivity index is 3.70. The minimum Gasteiger partial charge on any atom is -0.310 e. The predicted octanol–water partition coefficient (Wildman–Crippen LogP) is 2.80. The van der Waals surface area contributed by atoms with E-state index in [0.717, 1.165) is 19.4 Å². The fraction of sp³-hybridized carbons (Fsp3) is 0.900. The van der Waals surface area contributed by atoms with Gasteiger partial charge in [0.15, 0.2) is 0 Å². The molecule has 0 aliphatic rings.